The number of nitrogens with one attached hydrogen (secondary N) is 1. The maximum absolute atomic E-state index is 13.1. The molecule has 4 unspecified atom stereocenters. The number of hydrogen-bond acceptors (Lipinski definition) is 6. The van der Waals surface area contributed by atoms with Crippen LogP contribution >= 0.6 is 0 Å². The highest BCUT2D eigenvalue weighted by Crippen LogP contribution is 2.25. The Balaban J connectivity index is 2.07. The second-order valence-corrected chi connectivity index (χ2v) is 7.50. The zero-order valence-corrected chi connectivity index (χ0v) is 16.4. The standard InChI is InChI=1S/C18H28N4O7/c1-10(19)16(26)22-9-3-5-13(22)17(27)21-8-2-4-12(21)15(25)20-11(18(28)29)6-7-14(23)24/h10-13H,2-9,19H2,1H3,(H,20,25)(H,23,24)(H,28,29). The van der Waals surface area contributed by atoms with E-state index in [1.165, 1.54) is 9.80 Å². The molecule has 2 saturated heterocycles. The van der Waals surface area contributed by atoms with E-state index >= 15 is 0 Å². The fourth-order valence-corrected chi connectivity index (χ4v) is 3.84. The molecule has 11 heteroatoms. The van der Waals surface area contributed by atoms with Gasteiger partial charge in [0.15, 0.2) is 0 Å². The summed E-state index contributed by atoms with van der Waals surface area (Å²) >= 11 is 0. The number of hydrogen-bond donors (Lipinski definition) is 4. The van der Waals surface area contributed by atoms with Gasteiger partial charge in [0, 0.05) is 19.5 Å². The third-order valence-corrected chi connectivity index (χ3v) is 5.31. The summed E-state index contributed by atoms with van der Waals surface area (Å²) in [4.78, 5) is 62.8. The molecule has 3 amide bonds. The lowest BCUT2D eigenvalue weighted by atomic mass is 10.1. The van der Waals surface area contributed by atoms with Gasteiger partial charge in [0.25, 0.3) is 0 Å². The van der Waals surface area contributed by atoms with Crippen LogP contribution in [0, 0.1) is 0 Å². The van der Waals surface area contributed by atoms with Crippen molar-refractivity contribution in [3.8, 4) is 0 Å². The third-order valence-electron chi connectivity index (χ3n) is 5.31. The number of amides is 3. The first kappa shape index (κ1) is 22.6. The fraction of sp³-hybridized carbons (Fsp3) is 0.722. The highest BCUT2D eigenvalue weighted by Gasteiger charge is 2.43. The first-order valence-corrected chi connectivity index (χ1v) is 9.75. The number of nitrogens with zero attached hydrogens (tertiary/aromatic N) is 2. The van der Waals surface area contributed by atoms with Gasteiger partial charge in [-0.2, -0.15) is 0 Å². The Morgan fingerprint density at radius 1 is 1.03 bits per heavy atom. The molecule has 5 N–H and O–H groups in total. The Morgan fingerprint density at radius 3 is 2.17 bits per heavy atom. The lowest BCUT2D eigenvalue weighted by molar-refractivity contribution is -0.148. The summed E-state index contributed by atoms with van der Waals surface area (Å²) in [6.45, 7) is 2.32. The molecule has 2 aliphatic rings. The molecule has 0 aromatic rings. The van der Waals surface area contributed by atoms with E-state index in [2.05, 4.69) is 5.32 Å². The van der Waals surface area contributed by atoms with Crippen LogP contribution < -0.4 is 11.1 Å². The Bertz CT molecular complexity index is 681. The molecule has 0 aromatic carbocycles. The highest BCUT2D eigenvalue weighted by atomic mass is 16.4. The van der Waals surface area contributed by atoms with Crippen molar-refractivity contribution in [1.29, 1.82) is 0 Å². The SMILES string of the molecule is CC(N)C(=O)N1CCCC1C(=O)N1CCCC1C(=O)NC(CCC(=O)O)C(=O)O. The summed E-state index contributed by atoms with van der Waals surface area (Å²) in [6, 6.07) is -3.60. The van der Waals surface area contributed by atoms with Crippen molar-refractivity contribution in [2.75, 3.05) is 13.1 Å². The molecule has 0 aliphatic carbocycles. The van der Waals surface area contributed by atoms with Crippen LogP contribution in [0.2, 0.25) is 0 Å². The van der Waals surface area contributed by atoms with E-state index in [1.54, 1.807) is 6.92 Å². The lowest BCUT2D eigenvalue weighted by Crippen LogP contribution is -2.56. The van der Waals surface area contributed by atoms with E-state index in [0.29, 0.717) is 38.8 Å². The van der Waals surface area contributed by atoms with Gasteiger partial charge in [0.2, 0.25) is 17.7 Å². The first-order chi connectivity index (χ1) is 13.6. The minimum Gasteiger partial charge on any atom is -0.481 e. The molecular formula is C18H28N4O7. The zero-order valence-electron chi connectivity index (χ0n) is 16.4. The summed E-state index contributed by atoms with van der Waals surface area (Å²) in [5, 5.41) is 20.3. The number of carboxylic acids is 2. The van der Waals surface area contributed by atoms with E-state index in [4.69, 9.17) is 10.8 Å². The molecule has 2 rings (SSSR count). The van der Waals surface area contributed by atoms with Gasteiger partial charge < -0.3 is 31.1 Å². The Morgan fingerprint density at radius 2 is 1.62 bits per heavy atom. The second kappa shape index (κ2) is 9.68. The summed E-state index contributed by atoms with van der Waals surface area (Å²) in [7, 11) is 0. The first-order valence-electron chi connectivity index (χ1n) is 9.75. The van der Waals surface area contributed by atoms with Crippen molar-refractivity contribution in [3.05, 3.63) is 0 Å². The van der Waals surface area contributed by atoms with E-state index in [0.717, 1.165) is 0 Å². The summed E-state index contributed by atoms with van der Waals surface area (Å²) < 4.78 is 0. The van der Waals surface area contributed by atoms with E-state index in [-0.39, 0.29) is 18.2 Å². The average Bonchev–Trinajstić information content (AvgIpc) is 3.32. The number of nitrogens with two attached hydrogens (primary N) is 1. The molecule has 0 aromatic heterocycles. The van der Waals surface area contributed by atoms with Crippen LogP contribution in [0.5, 0.6) is 0 Å². The molecule has 0 bridgehead atoms. The van der Waals surface area contributed by atoms with Crippen LogP contribution in [0.15, 0.2) is 0 Å². The molecule has 4 atom stereocenters. The van der Waals surface area contributed by atoms with Crippen LogP contribution in [-0.2, 0) is 24.0 Å². The second-order valence-electron chi connectivity index (χ2n) is 7.50. The Hall–Kier alpha value is -2.69. The van der Waals surface area contributed by atoms with Gasteiger partial charge in [-0.05, 0) is 39.0 Å². The van der Waals surface area contributed by atoms with E-state index in [9.17, 15) is 29.1 Å². The quantitative estimate of drug-likeness (QED) is 0.383. The van der Waals surface area contributed by atoms with Crippen LogP contribution in [0.4, 0.5) is 0 Å². The Labute approximate surface area is 168 Å². The van der Waals surface area contributed by atoms with Gasteiger partial charge in [0.05, 0.1) is 6.04 Å². The number of carbonyl (C=O) groups is 5. The van der Waals surface area contributed by atoms with Gasteiger partial charge in [-0.3, -0.25) is 19.2 Å². The molecule has 11 nitrogen and oxygen atoms in total. The predicted molar refractivity (Wildman–Crippen MR) is 99.6 cm³/mol. The van der Waals surface area contributed by atoms with Crippen molar-refractivity contribution in [2.24, 2.45) is 5.73 Å². The zero-order chi connectivity index (χ0) is 21.7. The molecule has 0 spiro atoms. The number of carbonyl (C=O) groups excluding carboxylic acids is 3. The number of aliphatic carboxylic acids is 2. The van der Waals surface area contributed by atoms with Crippen LogP contribution in [0.25, 0.3) is 0 Å². The predicted octanol–water partition coefficient (Wildman–Crippen LogP) is -1.25. The summed E-state index contributed by atoms with van der Waals surface area (Å²) in [5.74, 6) is -3.79. The fourth-order valence-electron chi connectivity index (χ4n) is 3.84. The van der Waals surface area contributed by atoms with Gasteiger partial charge in [0.1, 0.15) is 18.1 Å². The maximum atomic E-state index is 13.1. The third kappa shape index (κ3) is 5.43. The minimum atomic E-state index is -1.35. The highest BCUT2D eigenvalue weighted by molar-refractivity contribution is 5.94. The van der Waals surface area contributed by atoms with E-state index < -0.39 is 48.4 Å². The molecule has 162 valence electrons. The van der Waals surface area contributed by atoms with E-state index in [1.807, 2.05) is 0 Å². The number of carboxylic acid groups (broad SMARTS) is 2. The average molecular weight is 412 g/mol. The van der Waals surface area contributed by atoms with Crippen molar-refractivity contribution in [1.82, 2.24) is 15.1 Å². The molecule has 2 aliphatic heterocycles. The monoisotopic (exact) mass is 412 g/mol. The largest absolute Gasteiger partial charge is 0.481 e. The number of rotatable bonds is 8. The smallest absolute Gasteiger partial charge is 0.326 e. The molecule has 2 heterocycles. The topological polar surface area (TPSA) is 170 Å². The molecule has 0 saturated carbocycles. The molecule has 29 heavy (non-hydrogen) atoms. The molecule has 0 radical (unpaired) electrons. The van der Waals surface area contributed by atoms with Gasteiger partial charge >= 0.3 is 11.9 Å². The van der Waals surface area contributed by atoms with Gasteiger partial charge in [-0.15, -0.1) is 0 Å². The van der Waals surface area contributed by atoms with Gasteiger partial charge in [-0.25, -0.2) is 4.79 Å². The molecule has 2 fully saturated rings. The lowest BCUT2D eigenvalue weighted by Gasteiger charge is -2.32. The number of likely N-dealkylation sites (tertiary alicyclic amines) is 2. The van der Waals surface area contributed by atoms with Crippen molar-refractivity contribution >= 4 is 29.7 Å². The van der Waals surface area contributed by atoms with Crippen molar-refractivity contribution < 1.29 is 34.2 Å². The Kier molecular flexibility index (Phi) is 7.54. The van der Waals surface area contributed by atoms with Crippen molar-refractivity contribution in [3.63, 3.8) is 0 Å². The van der Waals surface area contributed by atoms with Crippen LogP contribution in [-0.4, -0.2) is 86.9 Å². The summed E-state index contributed by atoms with van der Waals surface area (Å²) in [5.41, 5.74) is 5.66. The van der Waals surface area contributed by atoms with Crippen molar-refractivity contribution in [2.45, 2.75) is 69.6 Å². The van der Waals surface area contributed by atoms with Crippen LogP contribution in [0.1, 0.15) is 45.4 Å². The maximum Gasteiger partial charge on any atom is 0.326 e. The van der Waals surface area contributed by atoms with Crippen LogP contribution in [0.3, 0.4) is 0 Å². The minimum absolute atomic E-state index is 0.254. The summed E-state index contributed by atoms with van der Waals surface area (Å²) in [6.07, 6.45) is 1.44. The van der Waals surface area contributed by atoms with Gasteiger partial charge in [-0.1, -0.05) is 0 Å². The normalized spacial score (nSPS) is 23.5. The molecular weight excluding hydrogens is 384 g/mol.